The third-order valence-corrected chi connectivity index (χ3v) is 2.29. The molecule has 0 amide bonds. The van der Waals surface area contributed by atoms with Crippen molar-refractivity contribution in [3.8, 4) is 0 Å². The number of aromatic nitrogens is 2. The molecule has 0 aliphatic heterocycles. The largest absolute Gasteiger partial charge is 0.456 e. The molecule has 0 N–H and O–H groups in total. The van der Waals surface area contributed by atoms with E-state index in [9.17, 15) is 0 Å². The zero-order valence-corrected chi connectivity index (χ0v) is 7.69. The Balaban J connectivity index is 2.57. The molecule has 0 bridgehead atoms. The van der Waals surface area contributed by atoms with Crippen LogP contribution in [0.15, 0.2) is 35.1 Å². The number of nitrogens with zero attached hydrogens (tertiary/aromatic N) is 2. The fourth-order valence-corrected chi connectivity index (χ4v) is 1.61. The average molecular weight is 184 g/mol. The van der Waals surface area contributed by atoms with Crippen molar-refractivity contribution >= 4 is 21.9 Å². The first kappa shape index (κ1) is 7.50. The van der Waals surface area contributed by atoms with E-state index in [0.29, 0.717) is 0 Å². The van der Waals surface area contributed by atoms with Crippen LogP contribution < -0.4 is 0 Å². The van der Waals surface area contributed by atoms with Crippen LogP contribution in [0.3, 0.4) is 0 Å². The third kappa shape index (κ3) is 0.923. The quantitative estimate of drug-likeness (QED) is 0.539. The molecule has 0 unspecified atom stereocenters. The molecule has 3 aromatic heterocycles. The molecular formula is C11H8N2O. The predicted molar refractivity (Wildman–Crippen MR) is 54.0 cm³/mol. The lowest BCUT2D eigenvalue weighted by molar-refractivity contribution is 0.667. The highest BCUT2D eigenvalue weighted by molar-refractivity contribution is 6.03. The van der Waals surface area contributed by atoms with Crippen molar-refractivity contribution in [2.75, 3.05) is 0 Å². The fraction of sp³-hybridized carbons (Fsp3) is 0.0909. The molecule has 0 fully saturated rings. The van der Waals surface area contributed by atoms with Gasteiger partial charge in [0.2, 0.25) is 0 Å². The minimum absolute atomic E-state index is 0.863. The van der Waals surface area contributed by atoms with E-state index < -0.39 is 0 Å². The van der Waals surface area contributed by atoms with Gasteiger partial charge in [-0.05, 0) is 13.0 Å². The maximum atomic E-state index is 5.65. The second-order valence-electron chi connectivity index (χ2n) is 3.30. The van der Waals surface area contributed by atoms with Gasteiger partial charge < -0.3 is 4.42 Å². The van der Waals surface area contributed by atoms with Crippen LogP contribution in [0.25, 0.3) is 21.9 Å². The SMILES string of the molecule is Cc1cc2oc3ccncc3c2cn1. The lowest BCUT2D eigenvalue weighted by atomic mass is 10.2. The number of hydrogen-bond donors (Lipinski definition) is 0. The van der Waals surface area contributed by atoms with Crippen LogP contribution >= 0.6 is 0 Å². The van der Waals surface area contributed by atoms with Gasteiger partial charge in [-0.2, -0.15) is 0 Å². The second-order valence-corrected chi connectivity index (χ2v) is 3.30. The molecular weight excluding hydrogens is 176 g/mol. The number of pyridine rings is 2. The van der Waals surface area contributed by atoms with Crippen LogP contribution in [0.5, 0.6) is 0 Å². The van der Waals surface area contributed by atoms with E-state index in [0.717, 1.165) is 27.6 Å². The summed E-state index contributed by atoms with van der Waals surface area (Å²) < 4.78 is 5.65. The maximum Gasteiger partial charge on any atom is 0.138 e. The van der Waals surface area contributed by atoms with Crippen molar-refractivity contribution in [1.82, 2.24) is 9.97 Å². The molecule has 0 saturated carbocycles. The lowest BCUT2D eigenvalue weighted by Crippen LogP contribution is -1.77. The van der Waals surface area contributed by atoms with E-state index in [1.165, 1.54) is 0 Å². The molecule has 3 nitrogen and oxygen atoms in total. The number of hydrogen-bond acceptors (Lipinski definition) is 3. The van der Waals surface area contributed by atoms with Crippen molar-refractivity contribution in [2.24, 2.45) is 0 Å². The molecule has 0 spiro atoms. The van der Waals surface area contributed by atoms with Crippen LogP contribution in [0.1, 0.15) is 5.69 Å². The van der Waals surface area contributed by atoms with Crippen molar-refractivity contribution in [2.45, 2.75) is 6.92 Å². The number of fused-ring (bicyclic) bond motifs is 3. The van der Waals surface area contributed by atoms with Crippen LogP contribution in [-0.4, -0.2) is 9.97 Å². The summed E-state index contributed by atoms with van der Waals surface area (Å²) in [7, 11) is 0. The lowest BCUT2D eigenvalue weighted by Gasteiger charge is -1.89. The number of rotatable bonds is 0. The van der Waals surface area contributed by atoms with Crippen LogP contribution in [0, 0.1) is 6.92 Å². The fourth-order valence-electron chi connectivity index (χ4n) is 1.61. The normalized spacial score (nSPS) is 11.2. The van der Waals surface area contributed by atoms with E-state index in [2.05, 4.69) is 9.97 Å². The molecule has 0 saturated heterocycles. The topological polar surface area (TPSA) is 38.9 Å². The summed E-state index contributed by atoms with van der Waals surface area (Å²) in [6.45, 7) is 1.95. The van der Waals surface area contributed by atoms with Gasteiger partial charge in [-0.15, -0.1) is 0 Å². The molecule has 0 aliphatic rings. The van der Waals surface area contributed by atoms with Crippen molar-refractivity contribution in [3.63, 3.8) is 0 Å². The molecule has 14 heavy (non-hydrogen) atoms. The van der Waals surface area contributed by atoms with Gasteiger partial charge in [0.1, 0.15) is 11.2 Å². The van der Waals surface area contributed by atoms with Gasteiger partial charge in [0.05, 0.1) is 0 Å². The molecule has 0 atom stereocenters. The summed E-state index contributed by atoms with van der Waals surface area (Å²) in [6.07, 6.45) is 5.36. The molecule has 3 heteroatoms. The van der Waals surface area contributed by atoms with Gasteiger partial charge in [-0.3, -0.25) is 9.97 Å². The minimum Gasteiger partial charge on any atom is -0.456 e. The van der Waals surface area contributed by atoms with E-state index in [1.807, 2.05) is 25.3 Å². The van der Waals surface area contributed by atoms with Crippen molar-refractivity contribution in [3.05, 3.63) is 36.4 Å². The van der Waals surface area contributed by atoms with Crippen LogP contribution in [0.2, 0.25) is 0 Å². The molecule has 0 aromatic carbocycles. The Hall–Kier alpha value is -1.90. The predicted octanol–water partition coefficient (Wildman–Crippen LogP) is 2.68. The van der Waals surface area contributed by atoms with E-state index in [1.54, 1.807) is 12.4 Å². The number of furan rings is 1. The first-order valence-electron chi connectivity index (χ1n) is 4.43. The first-order valence-corrected chi connectivity index (χ1v) is 4.43. The van der Waals surface area contributed by atoms with Crippen LogP contribution in [-0.2, 0) is 0 Å². The van der Waals surface area contributed by atoms with Crippen LogP contribution in [0.4, 0.5) is 0 Å². The standard InChI is InChI=1S/C11H8N2O/c1-7-4-11-9(6-13-7)8-5-12-3-2-10(8)14-11/h2-6H,1H3. The monoisotopic (exact) mass is 184 g/mol. The first-order chi connectivity index (χ1) is 6.84. The van der Waals surface area contributed by atoms with Gasteiger partial charge >= 0.3 is 0 Å². The summed E-state index contributed by atoms with van der Waals surface area (Å²) in [6, 6.07) is 3.81. The summed E-state index contributed by atoms with van der Waals surface area (Å²) in [5, 5.41) is 2.05. The second kappa shape index (κ2) is 2.54. The molecule has 0 aliphatic carbocycles. The zero-order valence-electron chi connectivity index (χ0n) is 7.69. The summed E-state index contributed by atoms with van der Waals surface area (Å²) in [5.74, 6) is 0. The van der Waals surface area contributed by atoms with E-state index in [-0.39, 0.29) is 0 Å². The van der Waals surface area contributed by atoms with Crippen molar-refractivity contribution in [1.29, 1.82) is 0 Å². The Morgan fingerprint density at radius 2 is 2.00 bits per heavy atom. The summed E-state index contributed by atoms with van der Waals surface area (Å²) in [4.78, 5) is 8.31. The van der Waals surface area contributed by atoms with Gasteiger partial charge in [-0.1, -0.05) is 0 Å². The van der Waals surface area contributed by atoms with Crippen molar-refractivity contribution < 1.29 is 4.42 Å². The molecule has 0 radical (unpaired) electrons. The molecule has 3 heterocycles. The number of aryl methyl sites for hydroxylation is 1. The third-order valence-electron chi connectivity index (χ3n) is 2.29. The Kier molecular flexibility index (Phi) is 1.36. The minimum atomic E-state index is 0.863. The Labute approximate surface area is 80.4 Å². The highest BCUT2D eigenvalue weighted by atomic mass is 16.3. The molecule has 68 valence electrons. The highest BCUT2D eigenvalue weighted by Gasteiger charge is 2.06. The van der Waals surface area contributed by atoms with E-state index >= 15 is 0 Å². The Morgan fingerprint density at radius 1 is 1.14 bits per heavy atom. The average Bonchev–Trinajstić information content (AvgIpc) is 2.54. The Bertz CT molecular complexity index is 613. The zero-order chi connectivity index (χ0) is 9.54. The van der Waals surface area contributed by atoms with Gasteiger partial charge in [-0.25, -0.2) is 0 Å². The van der Waals surface area contributed by atoms with Gasteiger partial charge in [0.15, 0.2) is 0 Å². The highest BCUT2D eigenvalue weighted by Crippen LogP contribution is 2.26. The summed E-state index contributed by atoms with van der Waals surface area (Å²) in [5.41, 5.74) is 2.70. The smallest absolute Gasteiger partial charge is 0.138 e. The molecule has 3 aromatic rings. The van der Waals surface area contributed by atoms with Gasteiger partial charge in [0.25, 0.3) is 0 Å². The van der Waals surface area contributed by atoms with E-state index in [4.69, 9.17) is 4.42 Å². The summed E-state index contributed by atoms with van der Waals surface area (Å²) >= 11 is 0. The van der Waals surface area contributed by atoms with Gasteiger partial charge in [0, 0.05) is 41.1 Å². The Morgan fingerprint density at radius 3 is 2.93 bits per heavy atom. The molecule has 3 rings (SSSR count). The maximum absolute atomic E-state index is 5.65.